The minimum Gasteiger partial charge on any atom is -0.326 e. The molecule has 0 aromatic carbocycles. The van der Waals surface area contributed by atoms with E-state index in [2.05, 4.69) is 31.9 Å². The quantitative estimate of drug-likeness (QED) is 0.742. The maximum Gasteiger partial charge on any atom is 0.170 e. The Bertz CT molecular complexity index is 458. The van der Waals surface area contributed by atoms with Crippen molar-refractivity contribution in [2.24, 2.45) is 7.05 Å². The van der Waals surface area contributed by atoms with Gasteiger partial charge in [0.1, 0.15) is 6.33 Å². The van der Waals surface area contributed by atoms with E-state index in [1.165, 1.54) is 0 Å². The van der Waals surface area contributed by atoms with Gasteiger partial charge >= 0.3 is 0 Å². The topological polar surface area (TPSA) is 60.6 Å². The Morgan fingerprint density at radius 3 is 2.94 bits per heavy atom. The summed E-state index contributed by atoms with van der Waals surface area (Å²) in [5.41, 5.74) is 1.16. The second-order valence-corrected chi connectivity index (χ2v) is 4.02. The third-order valence-electron chi connectivity index (χ3n) is 2.49. The van der Waals surface area contributed by atoms with Gasteiger partial charge in [0.15, 0.2) is 5.82 Å². The zero-order valence-corrected chi connectivity index (χ0v) is 10.3. The fourth-order valence-corrected chi connectivity index (χ4v) is 1.64. The van der Waals surface area contributed by atoms with Crippen molar-refractivity contribution < 1.29 is 0 Å². The van der Waals surface area contributed by atoms with Crippen LogP contribution in [0.2, 0.25) is 0 Å². The monoisotopic (exact) mass is 234 g/mol. The van der Waals surface area contributed by atoms with Crippen LogP contribution >= 0.6 is 0 Å². The van der Waals surface area contributed by atoms with Crippen LogP contribution in [0.1, 0.15) is 24.9 Å². The molecule has 6 heteroatoms. The summed E-state index contributed by atoms with van der Waals surface area (Å²) < 4.78 is 3.78. The third kappa shape index (κ3) is 3.13. The van der Waals surface area contributed by atoms with Gasteiger partial charge in [-0.1, -0.05) is 6.92 Å². The number of nitrogens with one attached hydrogen (secondary N) is 1. The predicted molar refractivity (Wildman–Crippen MR) is 64.3 cm³/mol. The van der Waals surface area contributed by atoms with Gasteiger partial charge in [-0.15, -0.1) is 0 Å². The van der Waals surface area contributed by atoms with Gasteiger partial charge < -0.3 is 9.88 Å². The van der Waals surface area contributed by atoms with Crippen molar-refractivity contribution in [1.29, 1.82) is 0 Å². The van der Waals surface area contributed by atoms with Gasteiger partial charge in [-0.25, -0.2) is 9.97 Å². The van der Waals surface area contributed by atoms with E-state index in [0.717, 1.165) is 31.0 Å². The molecule has 2 aromatic rings. The summed E-state index contributed by atoms with van der Waals surface area (Å²) in [6.45, 7) is 4.68. The Balaban J connectivity index is 1.98. The van der Waals surface area contributed by atoms with Crippen LogP contribution in [0.25, 0.3) is 0 Å². The average molecular weight is 234 g/mol. The van der Waals surface area contributed by atoms with Gasteiger partial charge in [-0.05, 0) is 13.0 Å². The molecule has 0 radical (unpaired) electrons. The summed E-state index contributed by atoms with van der Waals surface area (Å²) in [6.07, 6.45) is 6.54. The number of imidazole rings is 1. The molecule has 17 heavy (non-hydrogen) atoms. The summed E-state index contributed by atoms with van der Waals surface area (Å²) >= 11 is 0. The van der Waals surface area contributed by atoms with Crippen molar-refractivity contribution in [3.63, 3.8) is 0 Å². The summed E-state index contributed by atoms with van der Waals surface area (Å²) in [6, 6.07) is 0. The first-order valence-electron chi connectivity index (χ1n) is 5.84. The zero-order valence-electron chi connectivity index (χ0n) is 10.3. The van der Waals surface area contributed by atoms with E-state index in [9.17, 15) is 0 Å². The van der Waals surface area contributed by atoms with E-state index < -0.39 is 0 Å². The minimum atomic E-state index is 0.671. The number of nitrogens with zero attached hydrogens (tertiary/aromatic N) is 5. The Kier molecular flexibility index (Phi) is 3.87. The van der Waals surface area contributed by atoms with Crippen LogP contribution in [0.3, 0.4) is 0 Å². The van der Waals surface area contributed by atoms with Crippen molar-refractivity contribution in [1.82, 2.24) is 29.6 Å². The Morgan fingerprint density at radius 2 is 2.24 bits per heavy atom. The Labute approximate surface area is 101 Å². The van der Waals surface area contributed by atoms with Crippen LogP contribution in [0.15, 0.2) is 18.9 Å². The third-order valence-corrected chi connectivity index (χ3v) is 2.49. The fraction of sp³-hybridized carbons (Fsp3) is 0.545. The molecule has 2 heterocycles. The molecule has 0 spiro atoms. The summed E-state index contributed by atoms with van der Waals surface area (Å²) in [5, 5.41) is 7.62. The molecule has 92 valence electrons. The lowest BCUT2D eigenvalue weighted by Crippen LogP contribution is -2.17. The van der Waals surface area contributed by atoms with Gasteiger partial charge in [-0.3, -0.25) is 4.68 Å². The molecule has 0 atom stereocenters. The number of rotatable bonds is 6. The summed E-state index contributed by atoms with van der Waals surface area (Å²) in [5.74, 6) is 0.808. The number of aryl methyl sites for hydroxylation is 1. The van der Waals surface area contributed by atoms with Crippen LogP contribution in [-0.2, 0) is 20.1 Å². The van der Waals surface area contributed by atoms with E-state index in [1.54, 1.807) is 11.0 Å². The molecule has 2 aromatic heterocycles. The minimum absolute atomic E-state index is 0.671. The van der Waals surface area contributed by atoms with E-state index in [4.69, 9.17) is 0 Å². The molecule has 6 nitrogen and oxygen atoms in total. The summed E-state index contributed by atoms with van der Waals surface area (Å²) in [4.78, 5) is 8.38. The molecule has 0 unspecified atom stereocenters. The predicted octanol–water partition coefficient (Wildman–Crippen LogP) is 0.559. The van der Waals surface area contributed by atoms with Gasteiger partial charge in [0, 0.05) is 19.8 Å². The van der Waals surface area contributed by atoms with Gasteiger partial charge in [-0.2, -0.15) is 5.10 Å². The van der Waals surface area contributed by atoms with Crippen molar-refractivity contribution in [2.75, 3.05) is 6.54 Å². The molecule has 0 fully saturated rings. The van der Waals surface area contributed by atoms with Crippen LogP contribution in [0.4, 0.5) is 0 Å². The first-order chi connectivity index (χ1) is 8.29. The van der Waals surface area contributed by atoms with Crippen molar-refractivity contribution in [3.8, 4) is 0 Å². The zero-order chi connectivity index (χ0) is 12.1. The molecular weight excluding hydrogens is 216 g/mol. The smallest absolute Gasteiger partial charge is 0.170 e. The molecule has 0 aliphatic heterocycles. The SMILES string of the molecule is CCCNCc1cncn1Cc1ncn(C)n1. The maximum absolute atomic E-state index is 4.26. The molecule has 0 amide bonds. The average Bonchev–Trinajstić information content (AvgIpc) is 2.90. The first-order valence-corrected chi connectivity index (χ1v) is 5.84. The second-order valence-electron chi connectivity index (χ2n) is 4.02. The van der Waals surface area contributed by atoms with E-state index in [-0.39, 0.29) is 0 Å². The van der Waals surface area contributed by atoms with Crippen molar-refractivity contribution in [2.45, 2.75) is 26.4 Å². The highest BCUT2D eigenvalue weighted by molar-refractivity contribution is 5.00. The van der Waals surface area contributed by atoms with E-state index in [0.29, 0.717) is 6.54 Å². The van der Waals surface area contributed by atoms with Gasteiger partial charge in [0.2, 0.25) is 0 Å². The van der Waals surface area contributed by atoms with Crippen LogP contribution < -0.4 is 5.32 Å². The molecule has 0 saturated heterocycles. The highest BCUT2D eigenvalue weighted by Crippen LogP contribution is 2.02. The van der Waals surface area contributed by atoms with E-state index in [1.807, 2.05) is 19.6 Å². The normalized spacial score (nSPS) is 10.9. The number of hydrogen-bond acceptors (Lipinski definition) is 4. The maximum atomic E-state index is 4.26. The number of aromatic nitrogens is 5. The van der Waals surface area contributed by atoms with Crippen LogP contribution in [0.5, 0.6) is 0 Å². The highest BCUT2D eigenvalue weighted by atomic mass is 15.3. The lowest BCUT2D eigenvalue weighted by Gasteiger charge is -2.06. The molecular formula is C11H18N6. The summed E-state index contributed by atoms with van der Waals surface area (Å²) in [7, 11) is 1.87. The second kappa shape index (κ2) is 5.58. The molecule has 1 N–H and O–H groups in total. The molecule has 0 bridgehead atoms. The lowest BCUT2D eigenvalue weighted by atomic mass is 10.4. The van der Waals surface area contributed by atoms with Crippen LogP contribution in [0, 0.1) is 0 Å². The number of hydrogen-bond donors (Lipinski definition) is 1. The molecule has 0 saturated carbocycles. The largest absolute Gasteiger partial charge is 0.326 e. The Hall–Kier alpha value is -1.69. The van der Waals surface area contributed by atoms with Crippen LogP contribution in [-0.4, -0.2) is 30.9 Å². The molecule has 0 aliphatic rings. The molecule has 0 aliphatic carbocycles. The standard InChI is InChI=1S/C11H18N6/c1-3-4-12-5-10-6-13-8-17(10)7-11-14-9-16(2)15-11/h6,8-9,12H,3-5,7H2,1-2H3. The molecule has 2 rings (SSSR count). The fourth-order valence-electron chi connectivity index (χ4n) is 1.64. The van der Waals surface area contributed by atoms with Crippen molar-refractivity contribution >= 4 is 0 Å². The highest BCUT2D eigenvalue weighted by Gasteiger charge is 2.05. The Morgan fingerprint density at radius 1 is 1.35 bits per heavy atom. The lowest BCUT2D eigenvalue weighted by molar-refractivity contribution is 0.618. The first kappa shape index (κ1) is 11.8. The van der Waals surface area contributed by atoms with Crippen molar-refractivity contribution in [3.05, 3.63) is 30.4 Å². The van der Waals surface area contributed by atoms with E-state index >= 15 is 0 Å². The van der Waals surface area contributed by atoms with Gasteiger partial charge in [0.25, 0.3) is 0 Å². The van der Waals surface area contributed by atoms with Gasteiger partial charge in [0.05, 0.1) is 18.6 Å².